The predicted octanol–water partition coefficient (Wildman–Crippen LogP) is 3.17. The van der Waals surface area contributed by atoms with Crippen LogP contribution in [0, 0.1) is 0 Å². The zero-order valence-electron chi connectivity index (χ0n) is 20.8. The smallest absolute Gasteiger partial charge is 0.266 e. The molecule has 0 bridgehead atoms. The van der Waals surface area contributed by atoms with Crippen molar-refractivity contribution in [1.82, 2.24) is 10.2 Å². The lowest BCUT2D eigenvalue weighted by Crippen LogP contribution is -2.54. The Balaban J connectivity index is 0.000000784. The van der Waals surface area contributed by atoms with Gasteiger partial charge >= 0.3 is 0 Å². The first-order valence-electron chi connectivity index (χ1n) is 12.2. The van der Waals surface area contributed by atoms with Crippen molar-refractivity contribution in [2.24, 2.45) is 0 Å². The van der Waals surface area contributed by atoms with Gasteiger partial charge in [-0.3, -0.25) is 29.4 Å². The fourth-order valence-corrected chi connectivity index (χ4v) is 3.82. The van der Waals surface area contributed by atoms with Gasteiger partial charge in [-0.2, -0.15) is 0 Å². The number of piperidine rings is 1. The third kappa shape index (κ3) is 8.58. The van der Waals surface area contributed by atoms with Gasteiger partial charge in [-0.25, -0.2) is 0 Å². The molecule has 2 aliphatic rings. The second-order valence-corrected chi connectivity index (χ2v) is 9.72. The van der Waals surface area contributed by atoms with Crippen LogP contribution in [0.25, 0.3) is 0 Å². The Morgan fingerprint density at radius 3 is 2.29 bits per heavy atom. The molecule has 1 aromatic carbocycles. The highest BCUT2D eigenvalue weighted by Crippen LogP contribution is 2.33. The van der Waals surface area contributed by atoms with Crippen LogP contribution in [0.5, 0.6) is 5.75 Å². The second kappa shape index (κ2) is 13.1. The maximum atomic E-state index is 13.0. The van der Waals surface area contributed by atoms with Crippen LogP contribution in [0.4, 0.5) is 0 Å². The molecule has 35 heavy (non-hydrogen) atoms. The lowest BCUT2D eigenvalue weighted by atomic mass is 10.0. The molecule has 0 aliphatic carbocycles. The zero-order valence-corrected chi connectivity index (χ0v) is 20.8. The number of hydrogen-bond acceptors (Lipinski definition) is 7. The van der Waals surface area contributed by atoms with E-state index in [0.29, 0.717) is 18.8 Å². The number of imide groups is 2. The average molecular weight is 489 g/mol. The first kappa shape index (κ1) is 28.2. The number of amides is 4. The summed E-state index contributed by atoms with van der Waals surface area (Å²) in [4.78, 5) is 60.5. The number of nitrogens with one attached hydrogen (secondary N) is 1. The largest absolute Gasteiger partial charge is 0.493 e. The zero-order chi connectivity index (χ0) is 26.0. The highest BCUT2D eigenvalue weighted by molar-refractivity contribution is 6.24. The van der Waals surface area contributed by atoms with Gasteiger partial charge in [0.25, 0.3) is 11.8 Å². The molecule has 1 unspecified atom stereocenters. The predicted molar refractivity (Wildman–Crippen MR) is 129 cm³/mol. The third-order valence-corrected chi connectivity index (χ3v) is 5.40. The minimum Gasteiger partial charge on any atom is -0.493 e. The van der Waals surface area contributed by atoms with Gasteiger partial charge in [0.05, 0.1) is 23.3 Å². The van der Waals surface area contributed by atoms with Crippen LogP contribution in [0.2, 0.25) is 0 Å². The molecule has 192 valence electrons. The first-order valence-corrected chi connectivity index (χ1v) is 12.2. The van der Waals surface area contributed by atoms with Gasteiger partial charge in [0.15, 0.2) is 0 Å². The van der Waals surface area contributed by atoms with Gasteiger partial charge in [0.1, 0.15) is 18.1 Å². The normalized spacial score (nSPS) is 17.5. The second-order valence-electron chi connectivity index (χ2n) is 9.72. The maximum Gasteiger partial charge on any atom is 0.266 e. The van der Waals surface area contributed by atoms with E-state index >= 15 is 0 Å². The molecular weight excluding hydrogens is 452 g/mol. The molecule has 1 atom stereocenters. The highest BCUT2D eigenvalue weighted by atomic mass is 16.5. The van der Waals surface area contributed by atoms with Gasteiger partial charge in [-0.1, -0.05) is 31.7 Å². The van der Waals surface area contributed by atoms with Crippen LogP contribution in [-0.4, -0.2) is 58.2 Å². The van der Waals surface area contributed by atoms with Crippen molar-refractivity contribution in [3.05, 3.63) is 29.3 Å². The Morgan fingerprint density at radius 2 is 1.66 bits per heavy atom. The Morgan fingerprint density at radius 1 is 1.03 bits per heavy atom. The van der Waals surface area contributed by atoms with Gasteiger partial charge < -0.3 is 14.6 Å². The fourth-order valence-electron chi connectivity index (χ4n) is 3.82. The van der Waals surface area contributed by atoms with Gasteiger partial charge in [-0.05, 0) is 52.2 Å². The molecule has 2 N–H and O–H groups in total. The van der Waals surface area contributed by atoms with E-state index in [-0.39, 0.29) is 24.0 Å². The lowest BCUT2D eigenvalue weighted by Gasteiger charge is -2.27. The number of hydrogen-bond donors (Lipinski definition) is 2. The van der Waals surface area contributed by atoms with Crippen LogP contribution in [0.1, 0.15) is 99.3 Å². The van der Waals surface area contributed by atoms with Crippen LogP contribution in [-0.2, 0) is 14.4 Å². The number of aliphatic hydroxyl groups is 1. The van der Waals surface area contributed by atoms with E-state index < -0.39 is 35.3 Å². The van der Waals surface area contributed by atoms with Crippen LogP contribution in [0.15, 0.2) is 18.2 Å². The number of ether oxygens (including phenoxy) is 1. The summed E-state index contributed by atoms with van der Waals surface area (Å²) in [5, 5.41) is 10.7. The van der Waals surface area contributed by atoms with Crippen LogP contribution < -0.4 is 10.1 Å². The number of carbonyl (C=O) groups is 5. The number of fused-ring (bicyclic) bond motifs is 1. The van der Waals surface area contributed by atoms with E-state index in [1.54, 1.807) is 39.0 Å². The maximum absolute atomic E-state index is 13.0. The SMILES string of the molecule is CC(C)(C)O.O=CCCCCCCCCOc1cccc2c1C(=O)N(C1CCC(=O)NC1=O)C2=O. The molecule has 0 spiro atoms. The summed E-state index contributed by atoms with van der Waals surface area (Å²) in [5.74, 6) is -1.79. The van der Waals surface area contributed by atoms with E-state index in [9.17, 15) is 24.0 Å². The molecule has 1 saturated heterocycles. The molecule has 4 amide bonds. The fraction of sp³-hybridized carbons (Fsp3) is 0.577. The molecule has 1 fully saturated rings. The number of aldehydes is 1. The van der Waals surface area contributed by atoms with Gasteiger partial charge in [0, 0.05) is 12.8 Å². The molecule has 2 heterocycles. The van der Waals surface area contributed by atoms with E-state index in [1.165, 1.54) is 0 Å². The Labute approximate surface area is 206 Å². The number of nitrogens with zero attached hydrogens (tertiary/aromatic N) is 1. The standard InChI is InChI=1S/C22H26N2O6.C4H10O/c25-13-6-4-2-1-3-5-7-14-30-17-10-8-9-15-19(17)22(29)24(21(15)28)16-11-12-18(26)23-20(16)27;1-4(2,3)5/h8-10,13,16H,1-7,11-12,14H2,(H,23,26,27);5H,1-3H3. The molecule has 9 nitrogen and oxygen atoms in total. The summed E-state index contributed by atoms with van der Waals surface area (Å²) in [7, 11) is 0. The molecule has 0 aromatic heterocycles. The third-order valence-electron chi connectivity index (χ3n) is 5.40. The minimum absolute atomic E-state index is 0.0856. The number of rotatable bonds is 11. The molecule has 1 aromatic rings. The van der Waals surface area contributed by atoms with Crippen molar-refractivity contribution in [3.8, 4) is 5.75 Å². The quantitative estimate of drug-likeness (QED) is 0.278. The van der Waals surface area contributed by atoms with Crippen LogP contribution in [0.3, 0.4) is 0 Å². The van der Waals surface area contributed by atoms with Crippen LogP contribution >= 0.6 is 0 Å². The van der Waals surface area contributed by atoms with E-state index in [4.69, 9.17) is 9.84 Å². The molecule has 0 saturated carbocycles. The summed E-state index contributed by atoms with van der Waals surface area (Å²) < 4.78 is 5.79. The molecule has 9 heteroatoms. The number of unbranched alkanes of at least 4 members (excludes halogenated alkanes) is 6. The molecular formula is C26H36N2O7. The monoisotopic (exact) mass is 488 g/mol. The summed E-state index contributed by atoms with van der Waals surface area (Å²) in [5.41, 5.74) is -0.0987. The Hall–Kier alpha value is -3.07. The first-order chi connectivity index (χ1) is 16.5. The van der Waals surface area contributed by atoms with Crippen molar-refractivity contribution in [1.29, 1.82) is 0 Å². The van der Waals surface area contributed by atoms with Crippen molar-refractivity contribution < 1.29 is 33.8 Å². The van der Waals surface area contributed by atoms with E-state index in [1.807, 2.05) is 0 Å². The van der Waals surface area contributed by atoms with E-state index in [0.717, 1.165) is 49.7 Å². The Bertz CT molecular complexity index is 930. The highest BCUT2D eigenvalue weighted by Gasteiger charge is 2.45. The van der Waals surface area contributed by atoms with Gasteiger partial charge in [0.2, 0.25) is 11.8 Å². The number of benzene rings is 1. The van der Waals surface area contributed by atoms with E-state index in [2.05, 4.69) is 5.32 Å². The molecule has 0 radical (unpaired) electrons. The summed E-state index contributed by atoms with van der Waals surface area (Å²) in [6.07, 6.45) is 7.65. The molecule has 2 aliphatic heterocycles. The van der Waals surface area contributed by atoms with Crippen molar-refractivity contribution in [3.63, 3.8) is 0 Å². The topological polar surface area (TPSA) is 130 Å². The summed E-state index contributed by atoms with van der Waals surface area (Å²) in [6.45, 7) is 5.65. The summed E-state index contributed by atoms with van der Waals surface area (Å²) in [6, 6.07) is 3.87. The summed E-state index contributed by atoms with van der Waals surface area (Å²) >= 11 is 0. The minimum atomic E-state index is -0.984. The van der Waals surface area contributed by atoms with Crippen molar-refractivity contribution in [2.45, 2.75) is 90.2 Å². The number of carbonyl (C=O) groups excluding carboxylic acids is 5. The Kier molecular flexibility index (Phi) is 10.6. The van der Waals surface area contributed by atoms with Crippen molar-refractivity contribution in [2.75, 3.05) is 6.61 Å². The molecule has 3 rings (SSSR count). The average Bonchev–Trinajstić information content (AvgIpc) is 3.02. The van der Waals surface area contributed by atoms with Gasteiger partial charge in [-0.15, -0.1) is 0 Å². The van der Waals surface area contributed by atoms with Crippen molar-refractivity contribution >= 4 is 29.9 Å². The lowest BCUT2D eigenvalue weighted by molar-refractivity contribution is -0.136.